The summed E-state index contributed by atoms with van der Waals surface area (Å²) < 4.78 is 0. The van der Waals surface area contributed by atoms with Crippen molar-refractivity contribution in [2.45, 2.75) is 128 Å². The van der Waals surface area contributed by atoms with Gasteiger partial charge in [0.2, 0.25) is 11.8 Å². The Labute approximate surface area is 242 Å². The summed E-state index contributed by atoms with van der Waals surface area (Å²) in [5, 5.41) is 24.3. The van der Waals surface area contributed by atoms with Gasteiger partial charge in [0.15, 0.2) is 0 Å². The van der Waals surface area contributed by atoms with Gasteiger partial charge in [0.05, 0.1) is 0 Å². The van der Waals surface area contributed by atoms with Gasteiger partial charge in [0.1, 0.15) is 11.5 Å². The summed E-state index contributed by atoms with van der Waals surface area (Å²) in [4.78, 5) is 23.9. The Morgan fingerprint density at radius 1 is 0.400 bits per heavy atom. The lowest BCUT2D eigenvalue weighted by atomic mass is 10.0. The van der Waals surface area contributed by atoms with Crippen molar-refractivity contribution in [3.8, 4) is 11.5 Å². The molecule has 40 heavy (non-hydrogen) atoms. The van der Waals surface area contributed by atoms with Crippen LogP contribution in [0.25, 0.3) is 0 Å². The number of aromatic hydroxyl groups is 2. The first-order chi connectivity index (χ1) is 19.5. The Hall–Kier alpha value is -3.02. The summed E-state index contributed by atoms with van der Waals surface area (Å²) >= 11 is 0. The van der Waals surface area contributed by atoms with Crippen LogP contribution in [-0.4, -0.2) is 22.0 Å². The van der Waals surface area contributed by atoms with Crippen LogP contribution in [0.2, 0.25) is 0 Å². The maximum Gasteiger partial charge on any atom is 0.224 e. The summed E-state index contributed by atoms with van der Waals surface area (Å²) in [6, 6.07) is 13.2. The zero-order valence-electron chi connectivity index (χ0n) is 24.5. The third-order valence-electron chi connectivity index (χ3n) is 7.36. The van der Waals surface area contributed by atoms with Gasteiger partial charge in [-0.15, -0.1) is 0 Å². The van der Waals surface area contributed by atoms with E-state index in [1.807, 2.05) is 0 Å². The molecule has 6 nitrogen and oxygen atoms in total. The third-order valence-corrected chi connectivity index (χ3v) is 7.36. The maximum absolute atomic E-state index is 12.0. The lowest BCUT2D eigenvalue weighted by Crippen LogP contribution is -2.10. The van der Waals surface area contributed by atoms with E-state index >= 15 is 0 Å². The molecule has 0 aliphatic carbocycles. The minimum absolute atomic E-state index is 0.0487. The molecular weight excluding hydrogens is 500 g/mol. The molecule has 0 saturated heterocycles. The fraction of sp³-hybridized carbons (Fsp3) is 0.588. The number of hydrogen-bond acceptors (Lipinski definition) is 4. The number of carbonyl (C=O) groups is 2. The molecule has 4 N–H and O–H groups in total. The van der Waals surface area contributed by atoms with E-state index in [2.05, 4.69) is 10.6 Å². The zero-order valence-corrected chi connectivity index (χ0v) is 24.5. The van der Waals surface area contributed by atoms with Gasteiger partial charge in [0.25, 0.3) is 0 Å². The number of nitrogens with one attached hydrogen (secondary N) is 2. The van der Waals surface area contributed by atoms with Crippen LogP contribution in [0.4, 0.5) is 11.4 Å². The number of phenolic OH excluding ortho intramolecular Hbond substituents is 2. The van der Waals surface area contributed by atoms with Gasteiger partial charge in [-0.3, -0.25) is 9.59 Å². The number of rotatable bonds is 23. The summed E-state index contributed by atoms with van der Waals surface area (Å²) in [6.45, 7) is 0. The number of unbranched alkanes of at least 4 members (excludes halogenated alkanes) is 17. The second kappa shape index (κ2) is 21.8. The van der Waals surface area contributed by atoms with E-state index in [1.54, 1.807) is 48.5 Å². The largest absolute Gasteiger partial charge is 0.508 e. The predicted octanol–water partition coefficient (Wildman–Crippen LogP) is 9.48. The fourth-order valence-corrected chi connectivity index (χ4v) is 4.94. The number of phenols is 2. The second-order valence-electron chi connectivity index (χ2n) is 11.1. The quantitative estimate of drug-likeness (QED) is 0.0815. The summed E-state index contributed by atoms with van der Waals surface area (Å²) in [5.74, 6) is 0.510. The highest BCUT2D eigenvalue weighted by atomic mass is 16.3. The Morgan fingerprint density at radius 3 is 0.875 bits per heavy atom. The molecule has 0 heterocycles. The molecule has 0 aliphatic rings. The van der Waals surface area contributed by atoms with Gasteiger partial charge in [-0.2, -0.15) is 0 Å². The summed E-state index contributed by atoms with van der Waals surface area (Å²) in [5.41, 5.74) is 1.47. The Kier molecular flexibility index (Phi) is 18.1. The van der Waals surface area contributed by atoms with E-state index in [0.29, 0.717) is 12.8 Å². The van der Waals surface area contributed by atoms with Crippen LogP contribution >= 0.6 is 0 Å². The molecule has 6 heteroatoms. The predicted molar refractivity (Wildman–Crippen MR) is 166 cm³/mol. The van der Waals surface area contributed by atoms with Crippen molar-refractivity contribution >= 4 is 23.2 Å². The molecule has 0 fully saturated rings. The van der Waals surface area contributed by atoms with Gasteiger partial charge in [0, 0.05) is 24.2 Å². The van der Waals surface area contributed by atoms with Gasteiger partial charge < -0.3 is 20.8 Å². The SMILES string of the molecule is O=C(CCCCCCCCCCCCCCCCCCCCC(=O)Nc1ccc(O)cc1)Nc1ccc(O)cc1. The first-order valence-electron chi connectivity index (χ1n) is 15.7. The molecule has 0 spiro atoms. The summed E-state index contributed by atoms with van der Waals surface area (Å²) in [6.07, 6.45) is 23.6. The van der Waals surface area contributed by atoms with Crippen LogP contribution in [0, 0.1) is 0 Å². The zero-order chi connectivity index (χ0) is 28.7. The summed E-state index contributed by atoms with van der Waals surface area (Å²) in [7, 11) is 0. The Bertz CT molecular complexity index is 850. The highest BCUT2D eigenvalue weighted by Crippen LogP contribution is 2.17. The molecule has 0 radical (unpaired) electrons. The normalized spacial score (nSPS) is 10.9. The van der Waals surface area contributed by atoms with Crippen molar-refractivity contribution in [3.05, 3.63) is 48.5 Å². The number of benzene rings is 2. The van der Waals surface area contributed by atoms with Crippen LogP contribution in [0.3, 0.4) is 0 Å². The number of anilines is 2. The average molecular weight is 553 g/mol. The van der Waals surface area contributed by atoms with E-state index in [-0.39, 0.29) is 23.3 Å². The van der Waals surface area contributed by atoms with Crippen LogP contribution in [0.15, 0.2) is 48.5 Å². The van der Waals surface area contributed by atoms with Gasteiger partial charge >= 0.3 is 0 Å². The number of amides is 2. The van der Waals surface area contributed by atoms with Crippen LogP contribution < -0.4 is 10.6 Å². The van der Waals surface area contributed by atoms with Crippen molar-refractivity contribution in [1.82, 2.24) is 0 Å². The molecule has 0 saturated carbocycles. The number of hydrogen-bond donors (Lipinski definition) is 4. The molecule has 222 valence electrons. The van der Waals surface area contributed by atoms with Crippen LogP contribution in [0.5, 0.6) is 11.5 Å². The molecule has 2 aromatic rings. The van der Waals surface area contributed by atoms with Crippen molar-refractivity contribution < 1.29 is 19.8 Å². The molecule has 0 aliphatic heterocycles. The average Bonchev–Trinajstić information content (AvgIpc) is 2.94. The van der Waals surface area contributed by atoms with Gasteiger partial charge in [-0.05, 0) is 61.4 Å². The highest BCUT2D eigenvalue weighted by Gasteiger charge is 2.04. The van der Waals surface area contributed by atoms with E-state index in [1.165, 1.54) is 89.9 Å². The van der Waals surface area contributed by atoms with Gasteiger partial charge in [-0.1, -0.05) is 103 Å². The van der Waals surface area contributed by atoms with Crippen LogP contribution in [-0.2, 0) is 9.59 Å². The molecular formula is C34H52N2O4. The van der Waals surface area contributed by atoms with Crippen molar-refractivity contribution in [1.29, 1.82) is 0 Å². The minimum atomic E-state index is 0.0487. The standard InChI is InChI=1S/C34H52N2O4/c37-31-25-21-29(22-26-31)35-33(39)19-17-15-13-11-9-7-5-3-1-2-4-6-8-10-12-14-16-18-20-34(40)36-30-23-27-32(38)28-24-30/h21-28,37-38H,1-20H2,(H,35,39)(H,36,40). The number of carbonyl (C=O) groups excluding carboxylic acids is 2. The molecule has 2 rings (SSSR count). The fourth-order valence-electron chi connectivity index (χ4n) is 4.94. The molecule has 2 amide bonds. The second-order valence-corrected chi connectivity index (χ2v) is 11.1. The maximum atomic E-state index is 12.0. The smallest absolute Gasteiger partial charge is 0.224 e. The monoisotopic (exact) mass is 552 g/mol. The third kappa shape index (κ3) is 17.5. The Balaban J connectivity index is 1.24. The first kappa shape index (κ1) is 33.2. The lowest BCUT2D eigenvalue weighted by Gasteiger charge is -2.06. The molecule has 0 bridgehead atoms. The van der Waals surface area contributed by atoms with E-state index in [4.69, 9.17) is 0 Å². The Morgan fingerprint density at radius 2 is 0.625 bits per heavy atom. The lowest BCUT2D eigenvalue weighted by molar-refractivity contribution is -0.117. The molecule has 0 unspecified atom stereocenters. The van der Waals surface area contributed by atoms with Crippen LogP contribution in [0.1, 0.15) is 128 Å². The minimum Gasteiger partial charge on any atom is -0.508 e. The van der Waals surface area contributed by atoms with E-state index in [9.17, 15) is 19.8 Å². The van der Waals surface area contributed by atoms with Crippen molar-refractivity contribution in [2.24, 2.45) is 0 Å². The molecule has 2 aromatic carbocycles. The van der Waals surface area contributed by atoms with Crippen molar-refractivity contribution in [2.75, 3.05) is 10.6 Å². The van der Waals surface area contributed by atoms with Gasteiger partial charge in [-0.25, -0.2) is 0 Å². The highest BCUT2D eigenvalue weighted by molar-refractivity contribution is 5.91. The van der Waals surface area contributed by atoms with Crippen molar-refractivity contribution in [3.63, 3.8) is 0 Å². The topological polar surface area (TPSA) is 98.7 Å². The molecule has 0 aromatic heterocycles. The first-order valence-corrected chi connectivity index (χ1v) is 15.7. The molecule has 0 atom stereocenters. The van der Waals surface area contributed by atoms with E-state index in [0.717, 1.165) is 37.1 Å². The van der Waals surface area contributed by atoms with E-state index < -0.39 is 0 Å².